The van der Waals surface area contributed by atoms with Crippen LogP contribution in [0.3, 0.4) is 0 Å². The first-order valence-electron chi connectivity index (χ1n) is 6.91. The molecule has 2 heterocycles. The highest BCUT2D eigenvalue weighted by Crippen LogP contribution is 2.30. The average Bonchev–Trinajstić information content (AvgIpc) is 2.46. The molecule has 0 radical (unpaired) electrons. The molecule has 4 heteroatoms. The number of aromatic hydroxyl groups is 1. The standard InChI is InChI=1S/C17H17N3O/c1-10(2)17-16(21)7-11(9-19-17)15-8-13(18)12-5-3-4-6-14(12)20-15/h3-10,21H,1-2H3,(H2,18,20). The highest BCUT2D eigenvalue weighted by atomic mass is 16.3. The van der Waals surface area contributed by atoms with Crippen molar-refractivity contribution in [1.82, 2.24) is 9.97 Å². The molecule has 4 nitrogen and oxygen atoms in total. The lowest BCUT2D eigenvalue weighted by Gasteiger charge is -2.10. The van der Waals surface area contributed by atoms with Gasteiger partial charge in [0.15, 0.2) is 0 Å². The number of hydrogen-bond acceptors (Lipinski definition) is 4. The fourth-order valence-electron chi connectivity index (χ4n) is 2.40. The number of hydrogen-bond donors (Lipinski definition) is 2. The average molecular weight is 279 g/mol. The van der Waals surface area contributed by atoms with Crippen LogP contribution in [-0.2, 0) is 0 Å². The monoisotopic (exact) mass is 279 g/mol. The first-order chi connectivity index (χ1) is 10.1. The summed E-state index contributed by atoms with van der Waals surface area (Å²) in [6.45, 7) is 3.99. The second-order valence-electron chi connectivity index (χ2n) is 5.40. The van der Waals surface area contributed by atoms with E-state index in [4.69, 9.17) is 5.73 Å². The van der Waals surface area contributed by atoms with Crippen LogP contribution in [0.1, 0.15) is 25.5 Å². The second kappa shape index (κ2) is 5.05. The minimum Gasteiger partial charge on any atom is -0.506 e. The van der Waals surface area contributed by atoms with Crippen molar-refractivity contribution in [2.45, 2.75) is 19.8 Å². The van der Waals surface area contributed by atoms with Crippen molar-refractivity contribution in [2.75, 3.05) is 5.73 Å². The number of anilines is 1. The number of benzene rings is 1. The van der Waals surface area contributed by atoms with E-state index in [0.29, 0.717) is 17.1 Å². The van der Waals surface area contributed by atoms with Gasteiger partial charge in [-0.1, -0.05) is 32.0 Å². The van der Waals surface area contributed by atoms with Gasteiger partial charge in [-0.05, 0) is 24.1 Å². The summed E-state index contributed by atoms with van der Waals surface area (Å²) >= 11 is 0. The van der Waals surface area contributed by atoms with Gasteiger partial charge in [0.2, 0.25) is 0 Å². The first-order valence-corrected chi connectivity index (χ1v) is 6.91. The zero-order valence-electron chi connectivity index (χ0n) is 12.0. The lowest BCUT2D eigenvalue weighted by molar-refractivity contribution is 0.460. The van der Waals surface area contributed by atoms with Gasteiger partial charge in [0.1, 0.15) is 5.75 Å². The molecule has 0 bridgehead atoms. The summed E-state index contributed by atoms with van der Waals surface area (Å²) in [5.74, 6) is 0.365. The Kier molecular flexibility index (Phi) is 3.22. The number of pyridine rings is 2. The molecule has 3 aromatic rings. The van der Waals surface area contributed by atoms with E-state index in [0.717, 1.165) is 16.5 Å². The van der Waals surface area contributed by atoms with Gasteiger partial charge < -0.3 is 10.8 Å². The van der Waals surface area contributed by atoms with E-state index in [1.165, 1.54) is 0 Å². The molecule has 0 saturated carbocycles. The van der Waals surface area contributed by atoms with Crippen LogP contribution in [0, 0.1) is 0 Å². The number of fused-ring (bicyclic) bond motifs is 1. The van der Waals surface area contributed by atoms with Gasteiger partial charge in [0.25, 0.3) is 0 Å². The number of nitrogens with zero attached hydrogens (tertiary/aromatic N) is 2. The fourth-order valence-corrected chi connectivity index (χ4v) is 2.40. The van der Waals surface area contributed by atoms with Crippen LogP contribution in [0.15, 0.2) is 42.6 Å². The Morgan fingerprint density at radius 1 is 1.14 bits per heavy atom. The molecule has 21 heavy (non-hydrogen) atoms. The maximum absolute atomic E-state index is 10.1. The quantitative estimate of drug-likeness (QED) is 0.750. The highest BCUT2D eigenvalue weighted by molar-refractivity contribution is 5.92. The van der Waals surface area contributed by atoms with Crippen LogP contribution >= 0.6 is 0 Å². The van der Waals surface area contributed by atoms with Gasteiger partial charge in [-0.3, -0.25) is 4.98 Å². The summed E-state index contributed by atoms with van der Waals surface area (Å²) in [5.41, 5.74) is 9.75. The maximum Gasteiger partial charge on any atom is 0.138 e. The number of para-hydroxylation sites is 1. The number of nitrogens with two attached hydrogens (primary N) is 1. The molecule has 1 aromatic carbocycles. The van der Waals surface area contributed by atoms with E-state index in [-0.39, 0.29) is 11.7 Å². The van der Waals surface area contributed by atoms with Gasteiger partial charge >= 0.3 is 0 Å². The summed E-state index contributed by atoms with van der Waals surface area (Å²) in [5, 5.41) is 11.0. The molecule has 0 atom stereocenters. The predicted molar refractivity (Wildman–Crippen MR) is 85.1 cm³/mol. The maximum atomic E-state index is 10.1. The van der Waals surface area contributed by atoms with Gasteiger partial charge in [-0.15, -0.1) is 0 Å². The molecule has 0 fully saturated rings. The van der Waals surface area contributed by atoms with Gasteiger partial charge in [-0.2, -0.15) is 0 Å². The molecule has 0 saturated heterocycles. The predicted octanol–water partition coefficient (Wildman–Crippen LogP) is 3.71. The topological polar surface area (TPSA) is 72.0 Å². The van der Waals surface area contributed by atoms with Crippen molar-refractivity contribution < 1.29 is 5.11 Å². The molecule has 0 aliphatic heterocycles. The second-order valence-corrected chi connectivity index (χ2v) is 5.40. The molecule has 106 valence electrons. The van der Waals surface area contributed by atoms with Crippen molar-refractivity contribution in [3.05, 3.63) is 48.3 Å². The molecule has 0 aliphatic carbocycles. The Balaban J connectivity index is 2.14. The number of nitrogen functional groups attached to an aromatic ring is 1. The van der Waals surface area contributed by atoms with Crippen LogP contribution in [0.4, 0.5) is 5.69 Å². The Morgan fingerprint density at radius 3 is 2.62 bits per heavy atom. The van der Waals surface area contributed by atoms with Crippen LogP contribution in [0.2, 0.25) is 0 Å². The fraction of sp³-hybridized carbons (Fsp3) is 0.176. The highest BCUT2D eigenvalue weighted by Gasteiger charge is 2.11. The molecule has 3 N–H and O–H groups in total. The van der Waals surface area contributed by atoms with Gasteiger partial charge in [0, 0.05) is 22.8 Å². The SMILES string of the molecule is CC(C)c1ncc(-c2cc(N)c3ccccc3n2)cc1O. The third kappa shape index (κ3) is 2.40. The molecule has 0 aliphatic rings. The summed E-state index contributed by atoms with van der Waals surface area (Å²) in [7, 11) is 0. The van der Waals surface area contributed by atoms with Crippen molar-refractivity contribution in [3.63, 3.8) is 0 Å². The van der Waals surface area contributed by atoms with E-state index < -0.39 is 0 Å². The van der Waals surface area contributed by atoms with Crippen LogP contribution in [0.25, 0.3) is 22.2 Å². The summed E-state index contributed by atoms with van der Waals surface area (Å²) in [6, 6.07) is 11.2. The largest absolute Gasteiger partial charge is 0.506 e. The van der Waals surface area contributed by atoms with E-state index >= 15 is 0 Å². The molecule has 0 amide bonds. The van der Waals surface area contributed by atoms with Gasteiger partial charge in [0.05, 0.1) is 16.9 Å². The van der Waals surface area contributed by atoms with E-state index in [1.807, 2.05) is 44.2 Å². The number of aromatic nitrogens is 2. The van der Waals surface area contributed by atoms with Crippen molar-refractivity contribution in [1.29, 1.82) is 0 Å². The molecule has 0 spiro atoms. The summed E-state index contributed by atoms with van der Waals surface area (Å²) in [4.78, 5) is 8.92. The Morgan fingerprint density at radius 2 is 1.90 bits per heavy atom. The van der Waals surface area contributed by atoms with E-state index in [1.54, 1.807) is 12.3 Å². The minimum absolute atomic E-state index is 0.175. The summed E-state index contributed by atoms with van der Waals surface area (Å²) < 4.78 is 0. The Labute approximate surface area is 123 Å². The Bertz CT molecular complexity index is 812. The third-order valence-corrected chi connectivity index (χ3v) is 3.49. The van der Waals surface area contributed by atoms with Gasteiger partial charge in [-0.25, -0.2) is 4.98 Å². The third-order valence-electron chi connectivity index (χ3n) is 3.49. The van der Waals surface area contributed by atoms with E-state index in [9.17, 15) is 5.11 Å². The van der Waals surface area contributed by atoms with Crippen molar-refractivity contribution >= 4 is 16.6 Å². The lowest BCUT2D eigenvalue weighted by Crippen LogP contribution is -1.96. The zero-order chi connectivity index (χ0) is 15.0. The van der Waals surface area contributed by atoms with Crippen molar-refractivity contribution in [2.24, 2.45) is 0 Å². The van der Waals surface area contributed by atoms with Crippen molar-refractivity contribution in [3.8, 4) is 17.0 Å². The minimum atomic E-state index is 0.175. The molecule has 3 rings (SSSR count). The number of rotatable bonds is 2. The van der Waals surface area contributed by atoms with Crippen LogP contribution < -0.4 is 5.73 Å². The van der Waals surface area contributed by atoms with Crippen LogP contribution in [-0.4, -0.2) is 15.1 Å². The lowest BCUT2D eigenvalue weighted by atomic mass is 10.1. The van der Waals surface area contributed by atoms with E-state index in [2.05, 4.69) is 9.97 Å². The normalized spacial score (nSPS) is 11.2. The Hall–Kier alpha value is -2.62. The molecular weight excluding hydrogens is 262 g/mol. The summed E-state index contributed by atoms with van der Waals surface area (Å²) in [6.07, 6.45) is 1.73. The molecular formula is C17H17N3O. The molecule has 0 unspecified atom stereocenters. The molecule has 2 aromatic heterocycles. The first kappa shape index (κ1) is 13.4. The zero-order valence-corrected chi connectivity index (χ0v) is 12.0. The van der Waals surface area contributed by atoms with Crippen LogP contribution in [0.5, 0.6) is 5.75 Å². The smallest absolute Gasteiger partial charge is 0.138 e.